The molecule has 0 spiro atoms. The average Bonchev–Trinajstić information content (AvgIpc) is 2.54. The lowest BCUT2D eigenvalue weighted by Gasteiger charge is -2.09. The van der Waals surface area contributed by atoms with E-state index < -0.39 is 30.0 Å². The fourth-order valence-electron chi connectivity index (χ4n) is 2.21. The van der Waals surface area contributed by atoms with Gasteiger partial charge in [-0.2, -0.15) is 0 Å². The summed E-state index contributed by atoms with van der Waals surface area (Å²) in [4.78, 5) is 45.3. The number of phenolic OH excluding ortho intramolecular Hbond substituents is 1. The van der Waals surface area contributed by atoms with E-state index in [1.165, 1.54) is 18.2 Å². The molecular formula is C16H16N2O7. The first-order valence-corrected chi connectivity index (χ1v) is 7.28. The molecule has 0 aliphatic heterocycles. The number of hydrogen-bond acceptors (Lipinski definition) is 6. The van der Waals surface area contributed by atoms with Crippen molar-refractivity contribution in [3.05, 3.63) is 39.7 Å². The fraction of sp³-hybridized carbons (Fsp3) is 0.250. The molecule has 0 fully saturated rings. The molecular weight excluding hydrogens is 332 g/mol. The second-order valence-electron chi connectivity index (χ2n) is 5.30. The summed E-state index contributed by atoms with van der Waals surface area (Å²) in [6, 6.07) is 4.13. The standard InChI is InChI=1S/C16H16N2O7/c1-8-11(19)3-2-10-9(5-15(24)25-16(8)10)4-12(20)17-6-13(21)18-7-14(22)23/h2-3,5,19H,4,6-7H2,1H3,(H,17,20)(H,18,21)(H,22,23). The van der Waals surface area contributed by atoms with Crippen LogP contribution >= 0.6 is 0 Å². The Balaban J connectivity index is 2.11. The van der Waals surface area contributed by atoms with Crippen molar-refractivity contribution < 1.29 is 29.0 Å². The molecule has 1 aromatic heterocycles. The van der Waals surface area contributed by atoms with Crippen molar-refractivity contribution >= 4 is 28.8 Å². The van der Waals surface area contributed by atoms with Crippen molar-refractivity contribution in [2.75, 3.05) is 13.1 Å². The number of aryl methyl sites for hydroxylation is 1. The Morgan fingerprint density at radius 2 is 1.80 bits per heavy atom. The molecule has 0 saturated carbocycles. The number of phenols is 1. The third-order valence-corrected chi connectivity index (χ3v) is 3.45. The van der Waals surface area contributed by atoms with E-state index in [1.54, 1.807) is 6.92 Å². The van der Waals surface area contributed by atoms with Crippen molar-refractivity contribution in [1.82, 2.24) is 10.6 Å². The number of benzene rings is 1. The summed E-state index contributed by atoms with van der Waals surface area (Å²) >= 11 is 0. The zero-order valence-corrected chi connectivity index (χ0v) is 13.3. The molecule has 0 radical (unpaired) electrons. The van der Waals surface area contributed by atoms with E-state index in [-0.39, 0.29) is 24.3 Å². The van der Waals surface area contributed by atoms with Gasteiger partial charge in [-0.3, -0.25) is 14.4 Å². The number of amides is 2. The van der Waals surface area contributed by atoms with Crippen LogP contribution in [-0.2, 0) is 20.8 Å². The van der Waals surface area contributed by atoms with E-state index in [1.807, 2.05) is 0 Å². The summed E-state index contributed by atoms with van der Waals surface area (Å²) in [7, 11) is 0. The lowest BCUT2D eigenvalue weighted by atomic mass is 10.0. The topological polar surface area (TPSA) is 146 Å². The molecule has 0 atom stereocenters. The van der Waals surface area contributed by atoms with Crippen LogP contribution in [0.2, 0.25) is 0 Å². The van der Waals surface area contributed by atoms with E-state index in [0.717, 1.165) is 0 Å². The Labute approximate surface area is 141 Å². The van der Waals surface area contributed by atoms with Gasteiger partial charge in [0.15, 0.2) is 0 Å². The highest BCUT2D eigenvalue weighted by atomic mass is 16.4. The summed E-state index contributed by atoms with van der Waals surface area (Å²) in [5, 5.41) is 23.1. The van der Waals surface area contributed by atoms with Crippen molar-refractivity contribution in [2.24, 2.45) is 0 Å². The zero-order chi connectivity index (χ0) is 18.6. The molecule has 25 heavy (non-hydrogen) atoms. The predicted octanol–water partition coefficient (Wildman–Crippen LogP) is -0.333. The molecule has 0 saturated heterocycles. The molecule has 0 unspecified atom stereocenters. The highest BCUT2D eigenvalue weighted by molar-refractivity contribution is 5.91. The summed E-state index contributed by atoms with van der Waals surface area (Å²) in [6.45, 7) is 0.657. The van der Waals surface area contributed by atoms with Crippen molar-refractivity contribution in [1.29, 1.82) is 0 Å². The van der Waals surface area contributed by atoms with Gasteiger partial charge in [-0.25, -0.2) is 4.79 Å². The van der Waals surface area contributed by atoms with Crippen molar-refractivity contribution in [2.45, 2.75) is 13.3 Å². The summed E-state index contributed by atoms with van der Waals surface area (Å²) in [5.74, 6) is -2.40. The second kappa shape index (κ2) is 7.47. The number of carbonyl (C=O) groups excluding carboxylic acids is 2. The minimum Gasteiger partial charge on any atom is -0.508 e. The predicted molar refractivity (Wildman–Crippen MR) is 86.2 cm³/mol. The lowest BCUT2D eigenvalue weighted by molar-refractivity contribution is -0.137. The molecule has 2 aromatic rings. The van der Waals surface area contributed by atoms with Crippen LogP contribution in [0, 0.1) is 6.92 Å². The Kier molecular flexibility index (Phi) is 5.38. The van der Waals surface area contributed by atoms with E-state index in [9.17, 15) is 24.3 Å². The van der Waals surface area contributed by atoms with Crippen LogP contribution < -0.4 is 16.3 Å². The maximum Gasteiger partial charge on any atom is 0.336 e. The molecule has 4 N–H and O–H groups in total. The first kappa shape index (κ1) is 18.0. The van der Waals surface area contributed by atoms with Gasteiger partial charge in [0.1, 0.15) is 17.9 Å². The Hall–Kier alpha value is -3.36. The number of aliphatic carboxylic acids is 1. The van der Waals surface area contributed by atoms with Crippen LogP contribution in [0.3, 0.4) is 0 Å². The first-order valence-electron chi connectivity index (χ1n) is 7.28. The van der Waals surface area contributed by atoms with Gasteiger partial charge in [0, 0.05) is 17.0 Å². The third kappa shape index (κ3) is 4.56. The summed E-state index contributed by atoms with van der Waals surface area (Å²) in [5.41, 5.74) is 0.292. The van der Waals surface area contributed by atoms with Gasteiger partial charge >= 0.3 is 11.6 Å². The number of carbonyl (C=O) groups is 3. The highest BCUT2D eigenvalue weighted by Crippen LogP contribution is 2.27. The number of aromatic hydroxyl groups is 1. The molecule has 9 heteroatoms. The molecule has 2 rings (SSSR count). The van der Waals surface area contributed by atoms with Gasteiger partial charge < -0.3 is 25.3 Å². The maximum absolute atomic E-state index is 12.0. The molecule has 1 aromatic carbocycles. The molecule has 1 heterocycles. The summed E-state index contributed by atoms with van der Waals surface area (Å²) in [6.07, 6.45) is -0.182. The fourth-order valence-corrected chi connectivity index (χ4v) is 2.21. The van der Waals surface area contributed by atoms with Crippen LogP contribution in [0.25, 0.3) is 11.0 Å². The Morgan fingerprint density at radius 3 is 2.48 bits per heavy atom. The lowest BCUT2D eigenvalue weighted by Crippen LogP contribution is -2.39. The van der Waals surface area contributed by atoms with E-state index in [4.69, 9.17) is 9.52 Å². The molecule has 0 aliphatic rings. The summed E-state index contributed by atoms with van der Waals surface area (Å²) < 4.78 is 5.08. The number of carboxylic acid groups (broad SMARTS) is 1. The highest BCUT2D eigenvalue weighted by Gasteiger charge is 2.14. The minimum atomic E-state index is -1.19. The van der Waals surface area contributed by atoms with Gasteiger partial charge in [0.25, 0.3) is 0 Å². The quantitative estimate of drug-likeness (QED) is 0.523. The Morgan fingerprint density at radius 1 is 1.12 bits per heavy atom. The second-order valence-corrected chi connectivity index (χ2v) is 5.30. The maximum atomic E-state index is 12.0. The van der Waals surface area contributed by atoms with Gasteiger partial charge in [-0.1, -0.05) is 0 Å². The van der Waals surface area contributed by atoms with E-state index >= 15 is 0 Å². The molecule has 132 valence electrons. The van der Waals surface area contributed by atoms with E-state index in [2.05, 4.69) is 10.6 Å². The average molecular weight is 348 g/mol. The van der Waals surface area contributed by atoms with Gasteiger partial charge in [-0.15, -0.1) is 0 Å². The van der Waals surface area contributed by atoms with Gasteiger partial charge in [-0.05, 0) is 24.6 Å². The molecule has 9 nitrogen and oxygen atoms in total. The third-order valence-electron chi connectivity index (χ3n) is 3.45. The van der Waals surface area contributed by atoms with Crippen molar-refractivity contribution in [3.63, 3.8) is 0 Å². The Bertz CT molecular complexity index is 901. The van der Waals surface area contributed by atoms with Gasteiger partial charge in [0.05, 0.1) is 13.0 Å². The number of carboxylic acids is 1. The monoisotopic (exact) mass is 348 g/mol. The molecule has 2 amide bonds. The minimum absolute atomic E-state index is 0.0349. The number of fused-ring (bicyclic) bond motifs is 1. The van der Waals surface area contributed by atoms with Crippen LogP contribution in [0.4, 0.5) is 0 Å². The van der Waals surface area contributed by atoms with Crippen LogP contribution in [0.1, 0.15) is 11.1 Å². The largest absolute Gasteiger partial charge is 0.508 e. The van der Waals surface area contributed by atoms with Crippen LogP contribution in [0.5, 0.6) is 5.75 Å². The zero-order valence-electron chi connectivity index (χ0n) is 13.3. The molecule has 0 aliphatic carbocycles. The van der Waals surface area contributed by atoms with Crippen LogP contribution in [-0.4, -0.2) is 41.1 Å². The normalized spacial score (nSPS) is 10.4. The number of rotatable bonds is 6. The SMILES string of the molecule is Cc1c(O)ccc2c(CC(=O)NCC(=O)NCC(=O)O)cc(=O)oc12. The number of nitrogens with one attached hydrogen (secondary N) is 2. The first-order chi connectivity index (χ1) is 11.8. The van der Waals surface area contributed by atoms with E-state index in [0.29, 0.717) is 16.5 Å². The van der Waals surface area contributed by atoms with Crippen molar-refractivity contribution in [3.8, 4) is 5.75 Å². The smallest absolute Gasteiger partial charge is 0.336 e. The van der Waals surface area contributed by atoms with Gasteiger partial charge in [0.2, 0.25) is 11.8 Å². The number of hydrogen-bond donors (Lipinski definition) is 4. The molecule has 0 bridgehead atoms. The van der Waals surface area contributed by atoms with Crippen LogP contribution in [0.15, 0.2) is 27.4 Å².